The van der Waals surface area contributed by atoms with Crippen molar-refractivity contribution < 1.29 is 0 Å². The molecule has 0 unspecified atom stereocenters. The largest absolute Gasteiger partial charge is 0.0625 e. The van der Waals surface area contributed by atoms with Crippen molar-refractivity contribution in [1.82, 2.24) is 0 Å². The van der Waals surface area contributed by atoms with Crippen molar-refractivity contribution in [2.75, 3.05) is 0 Å². The zero-order valence-electron chi connectivity index (χ0n) is 45.4. The fourth-order valence-electron chi connectivity index (χ4n) is 12.0. The smallest absolute Gasteiger partial charge is 0.00203 e. The van der Waals surface area contributed by atoms with Crippen molar-refractivity contribution in [3.05, 3.63) is 173 Å². The van der Waals surface area contributed by atoms with Gasteiger partial charge in [0.25, 0.3) is 0 Å². The lowest BCUT2D eigenvalue weighted by molar-refractivity contribution is 0.195. The van der Waals surface area contributed by atoms with Gasteiger partial charge in [-0.2, -0.15) is 0 Å². The van der Waals surface area contributed by atoms with Crippen LogP contribution in [-0.4, -0.2) is 0 Å². The Bertz CT molecular complexity index is 2340. The standard InChI is InChI=1S/C26H30.C24H38.C17H26/c1-17-7-10-23(11-8-17)15-24-13-14-26(22(6)21(24)5)16-25-12-9-18(2)19(3)20(25)4;1-17-5-8-21(9-6-17)15-22-10-12-23(13-11-22)16-24-14-7-18(2)19(3)20(24)4;1-12-5-8-16(9-6-12)11-17-10-7-13(2)14(3)15(17)4/h7-14H,15-16H2,1-6H3;7,14,17,21-23H,5-6,8-13,15-16H2,1-4H3;7,10,12,16H,5-6,8-9,11H2,1-4H3. The molecule has 0 atom stereocenters. The molecular formula is C67H94. The first kappa shape index (κ1) is 52.5. The summed E-state index contributed by atoms with van der Waals surface area (Å²) in [6.45, 7) is 31.8. The van der Waals surface area contributed by atoms with E-state index in [1.165, 1.54) is 173 Å². The molecule has 0 bridgehead atoms. The Morgan fingerprint density at radius 1 is 0.299 bits per heavy atom. The maximum absolute atomic E-state index is 2.44. The second-order valence-electron chi connectivity index (χ2n) is 23.1. The van der Waals surface area contributed by atoms with E-state index in [9.17, 15) is 0 Å². The van der Waals surface area contributed by atoms with Gasteiger partial charge in [-0.25, -0.2) is 0 Å². The molecule has 3 aliphatic carbocycles. The Morgan fingerprint density at radius 2 is 0.597 bits per heavy atom. The molecule has 0 nitrogen and oxygen atoms in total. The van der Waals surface area contributed by atoms with Crippen LogP contribution in [0.2, 0.25) is 0 Å². The minimum absolute atomic E-state index is 0.937. The van der Waals surface area contributed by atoms with E-state index in [-0.39, 0.29) is 0 Å². The molecule has 3 aliphatic rings. The molecular weight excluding hydrogens is 805 g/mol. The fraction of sp³-hybridized carbons (Fsp3) is 0.552. The highest BCUT2D eigenvalue weighted by Gasteiger charge is 2.27. The molecule has 0 aromatic heterocycles. The van der Waals surface area contributed by atoms with Crippen molar-refractivity contribution in [2.45, 2.75) is 206 Å². The van der Waals surface area contributed by atoms with E-state index in [1.807, 2.05) is 0 Å². The van der Waals surface area contributed by atoms with Crippen LogP contribution in [0.1, 0.15) is 197 Å². The number of hydrogen-bond acceptors (Lipinski definition) is 0. The SMILES string of the molecule is Cc1ccc(CC2CCC(C)CC2)c(C)c1C.Cc1ccc(CC2CCC(CC3CCC(C)CC3)CC2)c(C)c1C.Cc1ccc(Cc2ccc(Cc3ccc(C)c(C)c3C)c(C)c2C)cc1. The van der Waals surface area contributed by atoms with Gasteiger partial charge >= 0.3 is 0 Å². The summed E-state index contributed by atoms with van der Waals surface area (Å²) in [5, 5.41) is 0. The summed E-state index contributed by atoms with van der Waals surface area (Å²) in [5.41, 5.74) is 26.3. The average Bonchev–Trinajstić information content (AvgIpc) is 3.32. The summed E-state index contributed by atoms with van der Waals surface area (Å²) in [7, 11) is 0. The minimum atomic E-state index is 0.937. The van der Waals surface area contributed by atoms with E-state index in [4.69, 9.17) is 0 Å². The Balaban J connectivity index is 0.000000169. The quantitative estimate of drug-likeness (QED) is 0.131. The van der Waals surface area contributed by atoms with Crippen LogP contribution in [0, 0.1) is 119 Å². The van der Waals surface area contributed by atoms with Gasteiger partial charge in [-0.15, -0.1) is 0 Å². The monoisotopic (exact) mass is 899 g/mol. The van der Waals surface area contributed by atoms with Gasteiger partial charge in [0, 0.05) is 0 Å². The van der Waals surface area contributed by atoms with Crippen LogP contribution >= 0.6 is 0 Å². The summed E-state index contributed by atoms with van der Waals surface area (Å²) in [6.07, 6.45) is 23.9. The lowest BCUT2D eigenvalue weighted by Crippen LogP contribution is -2.21. The third-order valence-corrected chi connectivity index (χ3v) is 18.3. The molecule has 0 radical (unpaired) electrons. The number of rotatable bonds is 10. The summed E-state index contributed by atoms with van der Waals surface area (Å²) >= 11 is 0. The first-order chi connectivity index (χ1) is 32.0. The molecule has 0 saturated heterocycles. The summed E-state index contributed by atoms with van der Waals surface area (Å²) in [6, 6.07) is 27.5. The van der Waals surface area contributed by atoms with E-state index in [0.29, 0.717) is 0 Å². The Labute approximate surface area is 412 Å². The predicted octanol–water partition coefficient (Wildman–Crippen LogP) is 18.9. The van der Waals surface area contributed by atoms with Crippen LogP contribution < -0.4 is 0 Å². The van der Waals surface area contributed by atoms with Crippen LogP contribution in [0.3, 0.4) is 0 Å². The molecule has 0 amide bonds. The number of benzene rings is 5. The number of aryl methyl sites for hydroxylation is 4. The average molecular weight is 899 g/mol. The van der Waals surface area contributed by atoms with Crippen molar-refractivity contribution >= 4 is 0 Å². The van der Waals surface area contributed by atoms with Crippen LogP contribution in [0.25, 0.3) is 0 Å². The lowest BCUT2D eigenvalue weighted by atomic mass is 9.72. The van der Waals surface area contributed by atoms with E-state index in [2.05, 4.69) is 170 Å². The zero-order valence-corrected chi connectivity index (χ0v) is 45.4. The molecule has 8 rings (SSSR count). The van der Waals surface area contributed by atoms with Crippen molar-refractivity contribution in [2.24, 2.45) is 35.5 Å². The van der Waals surface area contributed by atoms with Crippen molar-refractivity contribution in [1.29, 1.82) is 0 Å². The van der Waals surface area contributed by atoms with Gasteiger partial charge in [0.15, 0.2) is 0 Å². The first-order valence-electron chi connectivity index (χ1n) is 27.3. The Morgan fingerprint density at radius 3 is 1.01 bits per heavy atom. The summed E-state index contributed by atoms with van der Waals surface area (Å²) < 4.78 is 0. The molecule has 3 fully saturated rings. The van der Waals surface area contributed by atoms with E-state index in [1.54, 1.807) is 23.1 Å². The molecule has 0 aliphatic heterocycles. The highest BCUT2D eigenvalue weighted by Crippen LogP contribution is 2.40. The van der Waals surface area contributed by atoms with E-state index in [0.717, 1.165) is 48.3 Å². The second kappa shape index (κ2) is 24.6. The van der Waals surface area contributed by atoms with Gasteiger partial charge in [-0.05, 0) is 271 Å². The molecule has 67 heavy (non-hydrogen) atoms. The van der Waals surface area contributed by atoms with Gasteiger partial charge in [0.1, 0.15) is 0 Å². The second-order valence-corrected chi connectivity index (χ2v) is 23.1. The molecule has 5 aromatic carbocycles. The van der Waals surface area contributed by atoms with Gasteiger partial charge in [0.2, 0.25) is 0 Å². The summed E-state index contributed by atoms with van der Waals surface area (Å²) in [4.78, 5) is 0. The van der Waals surface area contributed by atoms with Crippen LogP contribution in [-0.2, 0) is 25.7 Å². The number of hydrogen-bond donors (Lipinski definition) is 0. The predicted molar refractivity (Wildman–Crippen MR) is 294 cm³/mol. The third kappa shape index (κ3) is 14.6. The van der Waals surface area contributed by atoms with Gasteiger partial charge < -0.3 is 0 Å². The topological polar surface area (TPSA) is 0 Å². The zero-order chi connectivity index (χ0) is 48.4. The van der Waals surface area contributed by atoms with Crippen LogP contribution in [0.15, 0.2) is 72.8 Å². The van der Waals surface area contributed by atoms with Crippen molar-refractivity contribution in [3.63, 3.8) is 0 Å². The molecule has 362 valence electrons. The fourth-order valence-corrected chi connectivity index (χ4v) is 12.0. The van der Waals surface area contributed by atoms with Gasteiger partial charge in [-0.3, -0.25) is 0 Å². The highest BCUT2D eigenvalue weighted by molar-refractivity contribution is 5.47. The molecule has 0 spiro atoms. The minimum Gasteiger partial charge on any atom is -0.0625 e. The van der Waals surface area contributed by atoms with Gasteiger partial charge in [0.05, 0.1) is 0 Å². The third-order valence-electron chi connectivity index (χ3n) is 18.3. The van der Waals surface area contributed by atoms with Crippen LogP contribution in [0.4, 0.5) is 0 Å². The van der Waals surface area contributed by atoms with E-state index >= 15 is 0 Å². The lowest BCUT2D eigenvalue weighted by Gasteiger charge is -2.33. The maximum Gasteiger partial charge on any atom is -0.00203 e. The summed E-state index contributed by atoms with van der Waals surface area (Å²) in [5.74, 6) is 5.94. The highest BCUT2D eigenvalue weighted by atomic mass is 14.3. The Hall–Kier alpha value is -3.90. The van der Waals surface area contributed by atoms with E-state index < -0.39 is 0 Å². The molecule has 3 saturated carbocycles. The molecule has 5 aromatic rings. The molecule has 0 heterocycles. The molecule has 0 N–H and O–H groups in total. The van der Waals surface area contributed by atoms with Crippen LogP contribution in [0.5, 0.6) is 0 Å². The Kier molecular flexibility index (Phi) is 19.3. The maximum atomic E-state index is 2.44. The first-order valence-corrected chi connectivity index (χ1v) is 27.3. The molecule has 0 heteroatoms. The van der Waals surface area contributed by atoms with Crippen molar-refractivity contribution in [3.8, 4) is 0 Å². The van der Waals surface area contributed by atoms with Gasteiger partial charge in [-0.1, -0.05) is 144 Å². The normalized spacial score (nSPS) is 21.8.